The number of hydrogen-bond acceptors (Lipinski definition) is 3. The molecule has 0 aromatic carbocycles. The van der Waals surface area contributed by atoms with Crippen molar-refractivity contribution in [3.05, 3.63) is 22.3 Å². The number of H-pyrrole nitrogens is 1. The largest absolute Gasteiger partial charge is 0.469 e. The second-order valence-electron chi connectivity index (χ2n) is 4.49. The Hall–Kier alpha value is -1.55. The van der Waals surface area contributed by atoms with Gasteiger partial charge in [-0.3, -0.25) is 4.79 Å². The number of unbranched alkanes of at least 4 members (excludes halogenated alkanes) is 1. The van der Waals surface area contributed by atoms with Crippen molar-refractivity contribution in [1.29, 1.82) is 0 Å². The van der Waals surface area contributed by atoms with E-state index in [-0.39, 0.29) is 12.5 Å². The third-order valence-corrected chi connectivity index (χ3v) is 3.13. The minimum Gasteiger partial charge on any atom is -0.469 e. The van der Waals surface area contributed by atoms with Crippen LogP contribution in [0.15, 0.2) is 6.20 Å². The number of ether oxygens (including phenoxy) is 1. The number of hydrogen-bond donors (Lipinski definition) is 2. The summed E-state index contributed by atoms with van der Waals surface area (Å²) in [6.45, 7) is 8.47. The van der Waals surface area contributed by atoms with E-state index in [0.29, 0.717) is 0 Å². The highest BCUT2D eigenvalue weighted by Gasteiger charge is 2.21. The lowest BCUT2D eigenvalue weighted by Crippen LogP contribution is -2.31. The van der Waals surface area contributed by atoms with Crippen LogP contribution in [0, 0.1) is 0 Å². The average molecular weight is 294 g/mol. The summed E-state index contributed by atoms with van der Waals surface area (Å²) < 4.78 is 4.82. The van der Waals surface area contributed by atoms with Gasteiger partial charge in [0.25, 0.3) is 0 Å². The second kappa shape index (κ2) is 11.1. The Labute approximate surface area is 128 Å². The van der Waals surface area contributed by atoms with Gasteiger partial charge in [0.2, 0.25) is 0 Å². The van der Waals surface area contributed by atoms with Gasteiger partial charge in [-0.05, 0) is 23.6 Å². The molecule has 0 aliphatic rings. The van der Waals surface area contributed by atoms with Crippen LogP contribution in [0.3, 0.4) is 0 Å². The van der Waals surface area contributed by atoms with Gasteiger partial charge in [0.05, 0.1) is 13.0 Å². The fourth-order valence-electron chi connectivity index (χ4n) is 2.14. The van der Waals surface area contributed by atoms with Gasteiger partial charge in [0.15, 0.2) is 0 Å². The molecule has 0 aliphatic heterocycles. The number of rotatable bonds is 6. The van der Waals surface area contributed by atoms with E-state index >= 15 is 0 Å². The zero-order valence-electron chi connectivity index (χ0n) is 14.0. The molecule has 4 nitrogen and oxygen atoms in total. The van der Waals surface area contributed by atoms with E-state index < -0.39 is 5.92 Å². The van der Waals surface area contributed by atoms with Crippen molar-refractivity contribution in [2.24, 2.45) is 5.73 Å². The van der Waals surface area contributed by atoms with Crippen LogP contribution in [0.2, 0.25) is 0 Å². The van der Waals surface area contributed by atoms with Gasteiger partial charge in [-0.25, -0.2) is 0 Å². The molecule has 0 fully saturated rings. The smallest absolute Gasteiger partial charge is 0.314 e. The SMILES string of the molecule is CC.CC/C=c1/c(C(CN)C(=O)OC)c[nH]/c1=C/CCC. The highest BCUT2D eigenvalue weighted by Crippen LogP contribution is 2.10. The minimum atomic E-state index is -0.400. The van der Waals surface area contributed by atoms with Crippen LogP contribution in [0.5, 0.6) is 0 Å². The van der Waals surface area contributed by atoms with Gasteiger partial charge >= 0.3 is 5.97 Å². The monoisotopic (exact) mass is 294 g/mol. The zero-order valence-corrected chi connectivity index (χ0v) is 14.0. The number of methoxy groups -OCH3 is 1. The van der Waals surface area contributed by atoms with E-state index in [2.05, 4.69) is 31.0 Å². The molecular formula is C17H30N2O2. The highest BCUT2D eigenvalue weighted by molar-refractivity contribution is 5.78. The maximum absolute atomic E-state index is 11.8. The molecule has 1 aromatic heterocycles. The normalized spacial score (nSPS) is 13.6. The Kier molecular flexibility index (Phi) is 10.3. The number of carbonyl (C=O) groups excluding carboxylic acids is 1. The van der Waals surface area contributed by atoms with Gasteiger partial charge in [-0.1, -0.05) is 46.3 Å². The summed E-state index contributed by atoms with van der Waals surface area (Å²) in [7, 11) is 1.39. The first kappa shape index (κ1) is 19.4. The second-order valence-corrected chi connectivity index (χ2v) is 4.49. The van der Waals surface area contributed by atoms with Crippen LogP contribution >= 0.6 is 0 Å². The summed E-state index contributed by atoms with van der Waals surface area (Å²) in [5, 5.41) is 2.15. The summed E-state index contributed by atoms with van der Waals surface area (Å²) in [5.41, 5.74) is 6.65. The molecule has 120 valence electrons. The van der Waals surface area contributed by atoms with Crippen molar-refractivity contribution in [3.63, 3.8) is 0 Å². The fourth-order valence-corrected chi connectivity index (χ4v) is 2.14. The number of nitrogens with one attached hydrogen (secondary N) is 1. The highest BCUT2D eigenvalue weighted by atomic mass is 16.5. The molecule has 0 bridgehead atoms. The van der Waals surface area contributed by atoms with Crippen molar-refractivity contribution < 1.29 is 9.53 Å². The Morgan fingerprint density at radius 2 is 2.05 bits per heavy atom. The molecule has 1 aromatic rings. The molecule has 0 spiro atoms. The molecule has 4 heteroatoms. The van der Waals surface area contributed by atoms with Gasteiger partial charge in [0.1, 0.15) is 0 Å². The molecule has 3 N–H and O–H groups in total. The summed E-state index contributed by atoms with van der Waals surface area (Å²) in [6.07, 6.45) is 9.18. The molecule has 21 heavy (non-hydrogen) atoms. The molecule has 0 aliphatic carbocycles. The van der Waals surface area contributed by atoms with Crippen LogP contribution < -0.4 is 16.3 Å². The van der Waals surface area contributed by atoms with Crippen LogP contribution in [0.25, 0.3) is 12.2 Å². The lowest BCUT2D eigenvalue weighted by molar-refractivity contribution is -0.142. The molecule has 0 saturated heterocycles. The topological polar surface area (TPSA) is 68.1 Å². The Morgan fingerprint density at radius 1 is 1.38 bits per heavy atom. The third kappa shape index (κ3) is 5.38. The van der Waals surface area contributed by atoms with Crippen molar-refractivity contribution in [1.82, 2.24) is 4.98 Å². The number of carbonyl (C=O) groups is 1. The lowest BCUT2D eigenvalue weighted by atomic mass is 10.00. The first-order valence-electron chi connectivity index (χ1n) is 7.85. The van der Waals surface area contributed by atoms with Gasteiger partial charge in [-0.2, -0.15) is 0 Å². The zero-order chi connectivity index (χ0) is 16.3. The molecule has 0 radical (unpaired) electrons. The Morgan fingerprint density at radius 3 is 2.52 bits per heavy atom. The number of aromatic nitrogens is 1. The number of nitrogens with two attached hydrogens (primary N) is 1. The fraction of sp³-hybridized carbons (Fsp3) is 0.588. The van der Waals surface area contributed by atoms with Crippen LogP contribution in [0.1, 0.15) is 58.4 Å². The van der Waals surface area contributed by atoms with Crippen LogP contribution in [0.4, 0.5) is 0 Å². The summed E-state index contributed by atoms with van der Waals surface area (Å²) in [4.78, 5) is 15.0. The molecule has 1 unspecified atom stereocenters. The molecule has 1 heterocycles. The molecule has 1 atom stereocenters. The van der Waals surface area contributed by atoms with Crippen LogP contribution in [-0.4, -0.2) is 24.6 Å². The molecule has 0 saturated carbocycles. The van der Waals surface area contributed by atoms with Gasteiger partial charge in [0, 0.05) is 18.1 Å². The first-order valence-corrected chi connectivity index (χ1v) is 7.85. The molecule has 1 rings (SSSR count). The third-order valence-electron chi connectivity index (χ3n) is 3.13. The summed E-state index contributed by atoms with van der Waals surface area (Å²) in [6, 6.07) is 0. The maximum Gasteiger partial charge on any atom is 0.314 e. The summed E-state index contributed by atoms with van der Waals surface area (Å²) >= 11 is 0. The Balaban J connectivity index is 0.00000191. The Bertz CT molecular complexity index is 517. The predicted octanol–water partition coefficient (Wildman–Crippen LogP) is 2.03. The van der Waals surface area contributed by atoms with E-state index in [0.717, 1.165) is 35.4 Å². The van der Waals surface area contributed by atoms with E-state index in [4.69, 9.17) is 10.5 Å². The van der Waals surface area contributed by atoms with E-state index in [9.17, 15) is 4.79 Å². The average Bonchev–Trinajstić information content (AvgIpc) is 2.91. The van der Waals surface area contributed by atoms with Gasteiger partial charge < -0.3 is 15.5 Å². The van der Waals surface area contributed by atoms with Crippen molar-refractivity contribution in [2.45, 2.75) is 52.9 Å². The van der Waals surface area contributed by atoms with Crippen molar-refractivity contribution in [3.8, 4) is 0 Å². The van der Waals surface area contributed by atoms with Gasteiger partial charge in [-0.15, -0.1) is 0 Å². The summed E-state index contributed by atoms with van der Waals surface area (Å²) in [5.74, 6) is -0.683. The molecule has 0 amide bonds. The predicted molar refractivity (Wildman–Crippen MR) is 89.3 cm³/mol. The quantitative estimate of drug-likeness (QED) is 0.789. The van der Waals surface area contributed by atoms with E-state index in [1.54, 1.807) is 0 Å². The maximum atomic E-state index is 11.8. The lowest BCUT2D eigenvalue weighted by Gasteiger charge is -2.10. The van der Waals surface area contributed by atoms with E-state index in [1.165, 1.54) is 7.11 Å². The number of aromatic amines is 1. The number of esters is 1. The minimum absolute atomic E-state index is 0.252. The van der Waals surface area contributed by atoms with E-state index in [1.807, 2.05) is 20.0 Å². The van der Waals surface area contributed by atoms with Crippen molar-refractivity contribution >= 4 is 18.1 Å². The first-order chi connectivity index (χ1) is 10.2. The standard InChI is InChI=1S/C15H24N2O2.C2H6/c1-4-6-8-14-11(7-5-2)13(10-17-14)12(9-16)15(18)19-3;1-2/h7-8,10,12,17H,4-6,9,16H2,1-3H3;1-2H3/b11-7-,14-8+;. The van der Waals surface area contributed by atoms with Crippen molar-refractivity contribution in [2.75, 3.05) is 13.7 Å². The molecular weight excluding hydrogens is 264 g/mol. The van der Waals surface area contributed by atoms with Crippen LogP contribution in [-0.2, 0) is 9.53 Å².